The van der Waals surface area contributed by atoms with Crippen molar-refractivity contribution >= 4 is 5.91 Å². The molecule has 1 heterocycles. The summed E-state index contributed by atoms with van der Waals surface area (Å²) in [6.07, 6.45) is 54.0. The molecule has 1 aliphatic heterocycles. The first-order valence-corrected chi connectivity index (χ1v) is 29.1. The average Bonchev–Trinajstić information content (AvgIpc) is 3.33. The molecule has 6 N–H and O–H groups in total. The Hall–Kier alpha value is -1.33. The molecule has 0 aliphatic carbocycles. The molecule has 9 heteroatoms. The predicted octanol–water partition coefficient (Wildman–Crippen LogP) is 14.2. The maximum absolute atomic E-state index is 13.0. The molecule has 1 saturated heterocycles. The van der Waals surface area contributed by atoms with Gasteiger partial charge in [0, 0.05) is 6.42 Å². The lowest BCUT2D eigenvalue weighted by Crippen LogP contribution is -2.60. The molecule has 0 spiro atoms. The van der Waals surface area contributed by atoms with Crippen LogP contribution in [0.3, 0.4) is 0 Å². The van der Waals surface area contributed by atoms with Gasteiger partial charge in [-0.2, -0.15) is 0 Å². The maximum atomic E-state index is 13.0. The summed E-state index contributed by atoms with van der Waals surface area (Å²) < 4.78 is 11.2. The van der Waals surface area contributed by atoms with Crippen LogP contribution < -0.4 is 5.32 Å². The molecule has 0 radical (unpaired) electrons. The van der Waals surface area contributed by atoms with Crippen LogP contribution in [0.25, 0.3) is 0 Å². The zero-order valence-corrected chi connectivity index (χ0v) is 43.9. The summed E-state index contributed by atoms with van der Waals surface area (Å²) in [6, 6.07) is -0.801. The number of carbonyl (C=O) groups excluding carboxylic acids is 1. The number of aliphatic hydroxyl groups excluding tert-OH is 5. The number of hydrogen-bond donors (Lipinski definition) is 6. The topological polar surface area (TPSA) is 149 Å². The number of rotatable bonds is 50. The van der Waals surface area contributed by atoms with Crippen molar-refractivity contribution in [1.29, 1.82) is 0 Å². The zero-order chi connectivity index (χ0) is 48.7. The van der Waals surface area contributed by atoms with Crippen molar-refractivity contribution in [3.05, 3.63) is 24.3 Å². The second-order valence-electron chi connectivity index (χ2n) is 20.4. The van der Waals surface area contributed by atoms with Crippen LogP contribution in [0.4, 0.5) is 0 Å². The molecule has 1 aliphatic rings. The first-order valence-electron chi connectivity index (χ1n) is 29.1. The van der Waals surface area contributed by atoms with Crippen molar-refractivity contribution in [2.45, 2.75) is 326 Å². The SMILES string of the molecule is CCCCCCCCCCCCC/C=C/C(O)C(COC1OC(CO)C(O)C(O)C1O)NC(=O)CCCCCCCCCCCCCCCCC/C=C\CCCCCCCCCCCCCC. The van der Waals surface area contributed by atoms with Crippen molar-refractivity contribution in [3.63, 3.8) is 0 Å². The van der Waals surface area contributed by atoms with Crippen LogP contribution >= 0.6 is 0 Å². The Morgan fingerprint density at radius 1 is 0.493 bits per heavy atom. The fraction of sp³-hybridized carbons (Fsp3) is 0.914. The molecule has 396 valence electrons. The highest BCUT2D eigenvalue weighted by Gasteiger charge is 2.44. The summed E-state index contributed by atoms with van der Waals surface area (Å²) in [6.45, 7) is 3.80. The van der Waals surface area contributed by atoms with E-state index in [1.54, 1.807) is 6.08 Å². The molecule has 9 nitrogen and oxygen atoms in total. The van der Waals surface area contributed by atoms with Gasteiger partial charge in [0.2, 0.25) is 5.91 Å². The van der Waals surface area contributed by atoms with Gasteiger partial charge in [0.05, 0.1) is 25.4 Å². The number of unbranched alkanes of at least 4 members (excludes halogenated alkanes) is 38. The minimum Gasteiger partial charge on any atom is -0.394 e. The standard InChI is InChI=1S/C58H111NO8/c1-3-5-7-9-11-13-15-17-18-19-20-21-22-23-24-25-26-27-28-29-30-31-32-33-34-36-38-40-42-44-46-48-54(62)59-51(50-66-58-57(65)56(64)55(63)53(49-60)67-58)52(61)47-45-43-41-39-37-35-16-14-12-10-8-6-4-2/h23-24,45,47,51-53,55-58,60-61,63-65H,3-22,25-44,46,48-50H2,1-2H3,(H,59,62)/b24-23-,47-45+. The first-order chi connectivity index (χ1) is 32.8. The molecule has 0 aromatic carbocycles. The van der Waals surface area contributed by atoms with Gasteiger partial charge in [-0.05, 0) is 44.9 Å². The van der Waals surface area contributed by atoms with Crippen molar-refractivity contribution in [3.8, 4) is 0 Å². The number of ether oxygens (including phenoxy) is 2. The highest BCUT2D eigenvalue weighted by atomic mass is 16.7. The summed E-state index contributed by atoms with van der Waals surface area (Å²) in [5, 5.41) is 54.4. The van der Waals surface area contributed by atoms with Crippen molar-refractivity contribution in [1.82, 2.24) is 5.32 Å². The fourth-order valence-corrected chi connectivity index (χ4v) is 9.39. The Labute approximate surface area is 413 Å². The average molecular weight is 951 g/mol. The van der Waals surface area contributed by atoms with E-state index in [1.807, 2.05) is 6.08 Å². The van der Waals surface area contributed by atoms with Crippen LogP contribution in [0, 0.1) is 0 Å². The quantitative estimate of drug-likeness (QED) is 0.0261. The lowest BCUT2D eigenvalue weighted by molar-refractivity contribution is -0.302. The number of nitrogens with one attached hydrogen (secondary N) is 1. The number of hydrogen-bond acceptors (Lipinski definition) is 8. The molecule has 1 rings (SSSR count). The van der Waals surface area contributed by atoms with E-state index < -0.39 is 49.5 Å². The lowest BCUT2D eigenvalue weighted by Gasteiger charge is -2.40. The van der Waals surface area contributed by atoms with E-state index in [4.69, 9.17) is 9.47 Å². The molecule has 7 atom stereocenters. The lowest BCUT2D eigenvalue weighted by atomic mass is 9.99. The van der Waals surface area contributed by atoms with E-state index in [0.29, 0.717) is 6.42 Å². The van der Waals surface area contributed by atoms with E-state index in [1.165, 1.54) is 225 Å². The number of amides is 1. The minimum absolute atomic E-state index is 0.173. The normalized spacial score (nSPS) is 19.8. The molecule has 7 unspecified atom stereocenters. The summed E-state index contributed by atoms with van der Waals surface area (Å²) >= 11 is 0. The number of allylic oxidation sites excluding steroid dienone is 3. The van der Waals surface area contributed by atoms with Crippen LogP contribution in [0.5, 0.6) is 0 Å². The molecule has 0 saturated carbocycles. The van der Waals surface area contributed by atoms with Crippen LogP contribution in [0.1, 0.15) is 284 Å². The molecule has 67 heavy (non-hydrogen) atoms. The van der Waals surface area contributed by atoms with Crippen molar-refractivity contribution < 1.29 is 39.8 Å². The van der Waals surface area contributed by atoms with Crippen LogP contribution in [0.15, 0.2) is 24.3 Å². The Morgan fingerprint density at radius 3 is 1.21 bits per heavy atom. The van der Waals surface area contributed by atoms with Gasteiger partial charge in [-0.1, -0.05) is 256 Å². The van der Waals surface area contributed by atoms with Crippen molar-refractivity contribution in [2.75, 3.05) is 13.2 Å². The summed E-state index contributed by atoms with van der Waals surface area (Å²) in [7, 11) is 0. The highest BCUT2D eigenvalue weighted by Crippen LogP contribution is 2.23. The van der Waals surface area contributed by atoms with E-state index in [9.17, 15) is 30.3 Å². The van der Waals surface area contributed by atoms with Crippen LogP contribution in [0.2, 0.25) is 0 Å². The van der Waals surface area contributed by atoms with Crippen molar-refractivity contribution in [2.24, 2.45) is 0 Å². The van der Waals surface area contributed by atoms with Gasteiger partial charge in [-0.3, -0.25) is 4.79 Å². The van der Waals surface area contributed by atoms with Gasteiger partial charge < -0.3 is 40.3 Å². The molecule has 0 aromatic heterocycles. The second-order valence-corrected chi connectivity index (χ2v) is 20.4. The monoisotopic (exact) mass is 950 g/mol. The molecule has 0 aromatic rings. The predicted molar refractivity (Wildman–Crippen MR) is 281 cm³/mol. The van der Waals surface area contributed by atoms with Gasteiger partial charge in [0.15, 0.2) is 6.29 Å². The third-order valence-corrected chi connectivity index (χ3v) is 14.0. The molecule has 1 amide bonds. The zero-order valence-electron chi connectivity index (χ0n) is 43.9. The van der Waals surface area contributed by atoms with E-state index >= 15 is 0 Å². The molecular weight excluding hydrogens is 839 g/mol. The second kappa shape index (κ2) is 48.3. The fourth-order valence-electron chi connectivity index (χ4n) is 9.39. The van der Waals surface area contributed by atoms with E-state index in [-0.39, 0.29) is 12.5 Å². The molecule has 1 fully saturated rings. The van der Waals surface area contributed by atoms with Gasteiger partial charge in [-0.15, -0.1) is 0 Å². The van der Waals surface area contributed by atoms with Gasteiger partial charge in [0.25, 0.3) is 0 Å². The summed E-state index contributed by atoms with van der Waals surface area (Å²) in [5.41, 5.74) is 0. The van der Waals surface area contributed by atoms with Gasteiger partial charge in [-0.25, -0.2) is 0 Å². The van der Waals surface area contributed by atoms with Crippen LogP contribution in [-0.2, 0) is 14.3 Å². The Balaban J connectivity index is 2.12. The van der Waals surface area contributed by atoms with Gasteiger partial charge in [0.1, 0.15) is 24.4 Å². The van der Waals surface area contributed by atoms with Gasteiger partial charge >= 0.3 is 0 Å². The van der Waals surface area contributed by atoms with E-state index in [0.717, 1.165) is 38.5 Å². The Morgan fingerprint density at radius 2 is 0.836 bits per heavy atom. The summed E-state index contributed by atoms with van der Waals surface area (Å²) in [4.78, 5) is 13.0. The third-order valence-electron chi connectivity index (χ3n) is 14.0. The van der Waals surface area contributed by atoms with Crippen LogP contribution in [-0.4, -0.2) is 87.5 Å². The largest absolute Gasteiger partial charge is 0.394 e. The minimum atomic E-state index is -1.56. The smallest absolute Gasteiger partial charge is 0.220 e. The number of carbonyl (C=O) groups is 1. The highest BCUT2D eigenvalue weighted by molar-refractivity contribution is 5.76. The maximum Gasteiger partial charge on any atom is 0.220 e. The molecule has 0 bridgehead atoms. The molecular formula is C58H111NO8. The summed E-state index contributed by atoms with van der Waals surface area (Å²) in [5.74, 6) is -0.173. The first kappa shape index (κ1) is 63.7. The van der Waals surface area contributed by atoms with E-state index in [2.05, 4.69) is 31.3 Å². The third kappa shape index (κ3) is 38.1. The number of aliphatic hydroxyl groups is 5. The Kier molecular flexibility index (Phi) is 45.9. The Bertz CT molecular complexity index is 1100.